The van der Waals surface area contributed by atoms with Crippen LogP contribution in [0.2, 0.25) is 0 Å². The standard InChI is InChI=1S/C18H22N2S/c1-13-11-14(2)17(15(3)12-13)21-18(20(4)5)19-16-9-7-6-8-10-16/h6-12H,1-5H3. The van der Waals surface area contributed by atoms with Gasteiger partial charge in [-0.15, -0.1) is 0 Å². The number of hydrogen-bond acceptors (Lipinski definition) is 2. The fourth-order valence-electron chi connectivity index (χ4n) is 2.25. The van der Waals surface area contributed by atoms with E-state index in [2.05, 4.69) is 37.8 Å². The maximum Gasteiger partial charge on any atom is 0.168 e. The van der Waals surface area contributed by atoms with E-state index in [0.717, 1.165) is 10.9 Å². The Balaban J connectivity index is 2.36. The fraction of sp³-hybridized carbons (Fsp3) is 0.278. The van der Waals surface area contributed by atoms with E-state index in [1.54, 1.807) is 11.8 Å². The summed E-state index contributed by atoms with van der Waals surface area (Å²) in [6, 6.07) is 14.5. The van der Waals surface area contributed by atoms with Crippen molar-refractivity contribution < 1.29 is 0 Å². The molecule has 0 bridgehead atoms. The summed E-state index contributed by atoms with van der Waals surface area (Å²) in [5, 5.41) is 0.997. The molecule has 0 heterocycles. The van der Waals surface area contributed by atoms with Crippen LogP contribution in [0.25, 0.3) is 0 Å². The average molecular weight is 298 g/mol. The molecule has 2 nitrogen and oxygen atoms in total. The lowest BCUT2D eigenvalue weighted by atomic mass is 10.1. The third-order valence-electron chi connectivity index (χ3n) is 3.16. The smallest absolute Gasteiger partial charge is 0.168 e. The zero-order valence-electron chi connectivity index (χ0n) is 13.3. The largest absolute Gasteiger partial charge is 0.357 e. The van der Waals surface area contributed by atoms with Crippen LogP contribution in [0.4, 0.5) is 5.69 Å². The van der Waals surface area contributed by atoms with Crippen LogP contribution in [0.15, 0.2) is 52.4 Å². The third kappa shape index (κ3) is 4.11. The van der Waals surface area contributed by atoms with Gasteiger partial charge in [0.25, 0.3) is 0 Å². The number of amidine groups is 1. The molecular formula is C18H22N2S. The Bertz CT molecular complexity index is 623. The Labute approximate surface area is 131 Å². The van der Waals surface area contributed by atoms with Gasteiger partial charge in [0.1, 0.15) is 0 Å². The Morgan fingerprint density at radius 1 is 0.952 bits per heavy atom. The lowest BCUT2D eigenvalue weighted by Crippen LogP contribution is -2.18. The summed E-state index contributed by atoms with van der Waals surface area (Å²) >= 11 is 1.73. The molecule has 0 aliphatic heterocycles. The van der Waals surface area contributed by atoms with Gasteiger partial charge in [-0.2, -0.15) is 0 Å². The quantitative estimate of drug-likeness (QED) is 0.443. The molecule has 3 heteroatoms. The first kappa shape index (κ1) is 15.6. The van der Waals surface area contributed by atoms with Gasteiger partial charge in [0, 0.05) is 19.0 Å². The van der Waals surface area contributed by atoms with Crippen LogP contribution in [0.5, 0.6) is 0 Å². The second kappa shape index (κ2) is 6.81. The van der Waals surface area contributed by atoms with Gasteiger partial charge in [-0.05, 0) is 44.0 Å². The van der Waals surface area contributed by atoms with Crippen molar-refractivity contribution in [2.24, 2.45) is 4.99 Å². The van der Waals surface area contributed by atoms with Crippen LogP contribution in [0.1, 0.15) is 16.7 Å². The SMILES string of the molecule is Cc1cc(C)c(SC(=Nc2ccccc2)N(C)C)c(C)c1. The summed E-state index contributed by atoms with van der Waals surface area (Å²) in [5.74, 6) is 0. The molecule has 0 radical (unpaired) electrons. The maximum atomic E-state index is 4.76. The number of nitrogens with zero attached hydrogens (tertiary/aromatic N) is 2. The highest BCUT2D eigenvalue weighted by Crippen LogP contribution is 2.30. The van der Waals surface area contributed by atoms with Crippen molar-refractivity contribution in [1.82, 2.24) is 4.90 Å². The minimum atomic E-state index is 0.983. The molecular weight excluding hydrogens is 276 g/mol. The highest BCUT2D eigenvalue weighted by atomic mass is 32.2. The van der Waals surface area contributed by atoms with Crippen LogP contribution in [0.3, 0.4) is 0 Å². The van der Waals surface area contributed by atoms with Crippen molar-refractivity contribution in [3.63, 3.8) is 0 Å². The predicted molar refractivity (Wildman–Crippen MR) is 93.7 cm³/mol. The summed E-state index contributed by atoms with van der Waals surface area (Å²) in [6.07, 6.45) is 0. The highest BCUT2D eigenvalue weighted by Gasteiger charge is 2.11. The van der Waals surface area contributed by atoms with Crippen molar-refractivity contribution in [3.8, 4) is 0 Å². The molecule has 0 aliphatic carbocycles. The average Bonchev–Trinajstić information content (AvgIpc) is 2.42. The van der Waals surface area contributed by atoms with Gasteiger partial charge >= 0.3 is 0 Å². The molecule has 2 aromatic carbocycles. The molecule has 0 aliphatic rings. The van der Waals surface area contributed by atoms with Crippen LogP contribution in [0, 0.1) is 20.8 Å². The first-order valence-electron chi connectivity index (χ1n) is 7.04. The predicted octanol–water partition coefficient (Wildman–Crippen LogP) is 4.95. The van der Waals surface area contributed by atoms with Gasteiger partial charge < -0.3 is 4.90 Å². The van der Waals surface area contributed by atoms with E-state index in [1.165, 1.54) is 21.6 Å². The van der Waals surface area contributed by atoms with Gasteiger partial charge in [0.15, 0.2) is 5.17 Å². The fourth-order valence-corrected chi connectivity index (χ4v) is 3.20. The first-order chi connectivity index (χ1) is 9.97. The monoisotopic (exact) mass is 298 g/mol. The van der Waals surface area contributed by atoms with E-state index >= 15 is 0 Å². The van der Waals surface area contributed by atoms with E-state index in [1.807, 2.05) is 44.4 Å². The lowest BCUT2D eigenvalue weighted by molar-refractivity contribution is 0.636. The van der Waals surface area contributed by atoms with Crippen molar-refractivity contribution in [1.29, 1.82) is 0 Å². The lowest BCUT2D eigenvalue weighted by Gasteiger charge is -2.18. The molecule has 0 unspecified atom stereocenters. The van der Waals surface area contributed by atoms with Crippen molar-refractivity contribution in [2.45, 2.75) is 25.7 Å². The third-order valence-corrected chi connectivity index (χ3v) is 4.65. The van der Waals surface area contributed by atoms with E-state index in [-0.39, 0.29) is 0 Å². The number of aliphatic imine (C=N–C) groups is 1. The van der Waals surface area contributed by atoms with E-state index < -0.39 is 0 Å². The van der Waals surface area contributed by atoms with Gasteiger partial charge in [0.2, 0.25) is 0 Å². The summed E-state index contributed by atoms with van der Waals surface area (Å²) < 4.78 is 0. The second-order valence-corrected chi connectivity index (χ2v) is 6.43. The topological polar surface area (TPSA) is 15.6 Å². The number of para-hydroxylation sites is 1. The van der Waals surface area contributed by atoms with E-state index in [4.69, 9.17) is 4.99 Å². The number of benzene rings is 2. The molecule has 0 spiro atoms. The normalized spacial score (nSPS) is 11.6. The molecule has 21 heavy (non-hydrogen) atoms. The summed E-state index contributed by atoms with van der Waals surface area (Å²) in [5.41, 5.74) is 4.90. The number of thioether (sulfide) groups is 1. The highest BCUT2D eigenvalue weighted by molar-refractivity contribution is 8.13. The Morgan fingerprint density at radius 2 is 1.52 bits per heavy atom. The maximum absolute atomic E-state index is 4.76. The zero-order valence-corrected chi connectivity index (χ0v) is 14.2. The van der Waals surface area contributed by atoms with Gasteiger partial charge in [0.05, 0.1) is 5.69 Å². The Kier molecular flexibility index (Phi) is 5.07. The zero-order chi connectivity index (χ0) is 15.4. The van der Waals surface area contributed by atoms with Crippen molar-refractivity contribution in [2.75, 3.05) is 14.1 Å². The van der Waals surface area contributed by atoms with Crippen LogP contribution < -0.4 is 0 Å². The van der Waals surface area contributed by atoms with Crippen LogP contribution >= 0.6 is 11.8 Å². The van der Waals surface area contributed by atoms with Crippen molar-refractivity contribution in [3.05, 3.63) is 59.2 Å². The molecule has 110 valence electrons. The second-order valence-electron chi connectivity index (χ2n) is 5.45. The number of hydrogen-bond donors (Lipinski definition) is 0. The number of rotatable bonds is 2. The molecule has 0 saturated carbocycles. The molecule has 0 fully saturated rings. The van der Waals surface area contributed by atoms with E-state index in [9.17, 15) is 0 Å². The molecule has 2 aromatic rings. The molecule has 0 amide bonds. The van der Waals surface area contributed by atoms with Gasteiger partial charge in [-0.1, -0.05) is 47.7 Å². The van der Waals surface area contributed by atoms with Crippen molar-refractivity contribution >= 4 is 22.6 Å². The number of aryl methyl sites for hydroxylation is 3. The first-order valence-corrected chi connectivity index (χ1v) is 7.86. The van der Waals surface area contributed by atoms with Gasteiger partial charge in [-0.25, -0.2) is 4.99 Å². The Morgan fingerprint density at radius 3 is 2.05 bits per heavy atom. The minimum Gasteiger partial charge on any atom is -0.357 e. The molecule has 0 aromatic heterocycles. The Hall–Kier alpha value is -1.74. The van der Waals surface area contributed by atoms with Gasteiger partial charge in [-0.3, -0.25) is 0 Å². The summed E-state index contributed by atoms with van der Waals surface area (Å²) in [7, 11) is 4.07. The van der Waals surface area contributed by atoms with E-state index in [0.29, 0.717) is 0 Å². The molecule has 0 N–H and O–H groups in total. The van der Waals surface area contributed by atoms with Crippen LogP contribution in [-0.4, -0.2) is 24.2 Å². The minimum absolute atomic E-state index is 0.983. The van der Waals surface area contributed by atoms with Crippen LogP contribution in [-0.2, 0) is 0 Å². The molecule has 2 rings (SSSR count). The summed E-state index contributed by atoms with van der Waals surface area (Å²) in [6.45, 7) is 6.47. The molecule has 0 saturated heterocycles. The summed E-state index contributed by atoms with van der Waals surface area (Å²) in [4.78, 5) is 8.12. The molecule has 0 atom stereocenters.